The first-order valence-corrected chi connectivity index (χ1v) is 10.3. The fourth-order valence-electron chi connectivity index (χ4n) is 2.92. The summed E-state index contributed by atoms with van der Waals surface area (Å²) in [7, 11) is 0. The molecule has 3 heterocycles. The maximum absolute atomic E-state index is 12.6. The van der Waals surface area contributed by atoms with Gasteiger partial charge in [0, 0.05) is 23.9 Å². The minimum absolute atomic E-state index is 0.104. The van der Waals surface area contributed by atoms with Crippen LogP contribution in [0.1, 0.15) is 28.1 Å². The van der Waals surface area contributed by atoms with Crippen molar-refractivity contribution in [2.24, 2.45) is 5.92 Å². The van der Waals surface area contributed by atoms with E-state index in [0.29, 0.717) is 11.5 Å². The molecule has 5 nitrogen and oxygen atoms in total. The zero-order chi connectivity index (χ0) is 17.5. The van der Waals surface area contributed by atoms with Crippen molar-refractivity contribution < 1.29 is 9.53 Å². The van der Waals surface area contributed by atoms with Gasteiger partial charge in [-0.1, -0.05) is 12.1 Å². The average Bonchev–Trinajstić information content (AvgIpc) is 3.04. The van der Waals surface area contributed by atoms with Crippen molar-refractivity contribution in [3.8, 4) is 0 Å². The predicted molar refractivity (Wildman–Crippen MR) is 105 cm³/mol. The Morgan fingerprint density at radius 2 is 2.27 bits per heavy atom. The smallest absolute Gasteiger partial charge is 0.265 e. The zero-order valence-corrected chi connectivity index (χ0v) is 15.6. The Labute approximate surface area is 158 Å². The molecule has 26 heavy (non-hydrogen) atoms. The van der Waals surface area contributed by atoms with Crippen molar-refractivity contribution in [2.45, 2.75) is 19.4 Å². The highest BCUT2D eigenvalue weighted by Gasteiger charge is 2.21. The van der Waals surface area contributed by atoms with E-state index in [9.17, 15) is 4.79 Å². The Kier molecular flexibility index (Phi) is 4.00. The number of carbonyl (C=O) groups is 1. The van der Waals surface area contributed by atoms with Crippen molar-refractivity contribution in [2.75, 3.05) is 11.9 Å². The van der Waals surface area contributed by atoms with Gasteiger partial charge in [-0.2, -0.15) is 0 Å². The second-order valence-electron chi connectivity index (χ2n) is 6.58. The Bertz CT molecular complexity index is 1090. The number of hydrogen-bond donors (Lipinski definition) is 1. The number of carbonyl (C=O) groups excluding carboxylic acids is 1. The molecule has 0 radical (unpaired) electrons. The van der Waals surface area contributed by atoms with Crippen LogP contribution in [-0.2, 0) is 11.3 Å². The summed E-state index contributed by atoms with van der Waals surface area (Å²) in [6.07, 6.45) is 4.56. The number of amides is 1. The first-order chi connectivity index (χ1) is 12.8. The molecule has 1 saturated carbocycles. The summed E-state index contributed by atoms with van der Waals surface area (Å²) >= 11 is 3.02. The highest BCUT2D eigenvalue weighted by molar-refractivity contribution is 7.21. The number of hydrogen-bond acceptors (Lipinski definition) is 5. The summed E-state index contributed by atoms with van der Waals surface area (Å²) in [4.78, 5) is 19.7. The van der Waals surface area contributed by atoms with Gasteiger partial charge in [0.2, 0.25) is 0 Å². The van der Waals surface area contributed by atoms with E-state index in [1.165, 1.54) is 24.2 Å². The lowest BCUT2D eigenvalue weighted by Crippen LogP contribution is -2.10. The number of nitrogens with one attached hydrogen (secondary N) is 1. The largest absolute Gasteiger partial charge is 0.376 e. The van der Waals surface area contributed by atoms with Crippen LogP contribution in [0.25, 0.3) is 15.3 Å². The molecule has 0 aliphatic heterocycles. The number of aromatic nitrogens is 2. The summed E-state index contributed by atoms with van der Waals surface area (Å²) in [5.41, 5.74) is 2.85. The van der Waals surface area contributed by atoms with Gasteiger partial charge < -0.3 is 10.1 Å². The SMILES string of the molecule is O=C(Nc1cccc(COCC2CC2)c1)c1cc2c(nc3sccn32)s1. The van der Waals surface area contributed by atoms with Crippen LogP contribution in [0, 0.1) is 5.92 Å². The standard InChI is InChI=1S/C19H17N3O2S2/c23-17(16-9-15-18(26-16)21-19-22(15)6-7-25-19)20-14-3-1-2-13(8-14)11-24-10-12-4-5-12/h1-3,6-9,12H,4-5,10-11H2,(H,20,23). The van der Waals surface area contributed by atoms with E-state index in [2.05, 4.69) is 10.3 Å². The van der Waals surface area contributed by atoms with Crippen LogP contribution in [0.4, 0.5) is 5.69 Å². The second kappa shape index (κ2) is 6.50. The molecule has 7 heteroatoms. The molecule has 1 aromatic carbocycles. The molecule has 4 aromatic rings. The zero-order valence-electron chi connectivity index (χ0n) is 14.0. The molecule has 1 fully saturated rings. The van der Waals surface area contributed by atoms with Gasteiger partial charge in [-0.15, -0.1) is 22.7 Å². The molecule has 1 N–H and O–H groups in total. The number of rotatable bonds is 6. The van der Waals surface area contributed by atoms with Crippen molar-refractivity contribution in [1.29, 1.82) is 0 Å². The van der Waals surface area contributed by atoms with Crippen LogP contribution in [-0.4, -0.2) is 21.9 Å². The van der Waals surface area contributed by atoms with E-state index in [4.69, 9.17) is 4.74 Å². The van der Waals surface area contributed by atoms with Gasteiger partial charge in [0.15, 0.2) is 4.96 Å². The van der Waals surface area contributed by atoms with Crippen molar-refractivity contribution in [3.63, 3.8) is 0 Å². The Morgan fingerprint density at radius 3 is 3.15 bits per heavy atom. The molecular weight excluding hydrogens is 366 g/mol. The molecule has 0 bridgehead atoms. The molecule has 3 aromatic heterocycles. The Hall–Kier alpha value is -2.22. The molecule has 1 aliphatic rings. The maximum Gasteiger partial charge on any atom is 0.265 e. The molecular formula is C19H17N3O2S2. The summed E-state index contributed by atoms with van der Waals surface area (Å²) in [5, 5.41) is 4.98. The number of benzene rings is 1. The van der Waals surface area contributed by atoms with Crippen molar-refractivity contribution in [1.82, 2.24) is 9.38 Å². The second-order valence-corrected chi connectivity index (χ2v) is 8.49. The Morgan fingerprint density at radius 1 is 1.35 bits per heavy atom. The van der Waals surface area contributed by atoms with E-state index in [1.807, 2.05) is 46.3 Å². The van der Waals surface area contributed by atoms with Gasteiger partial charge in [0.05, 0.1) is 17.0 Å². The molecule has 1 amide bonds. The maximum atomic E-state index is 12.6. The average molecular weight is 383 g/mol. The quantitative estimate of drug-likeness (QED) is 0.521. The highest BCUT2D eigenvalue weighted by atomic mass is 32.1. The molecule has 132 valence electrons. The number of anilines is 1. The lowest BCUT2D eigenvalue weighted by molar-refractivity contribution is 0.103. The number of nitrogens with zero attached hydrogens (tertiary/aromatic N) is 2. The van der Waals surface area contributed by atoms with Gasteiger partial charge in [-0.05, 0) is 42.5 Å². The van der Waals surface area contributed by atoms with Gasteiger partial charge in [0.25, 0.3) is 5.91 Å². The van der Waals surface area contributed by atoms with E-state index >= 15 is 0 Å². The number of thiophene rings is 1. The topological polar surface area (TPSA) is 55.6 Å². The fraction of sp³-hybridized carbons (Fsp3) is 0.263. The lowest BCUT2D eigenvalue weighted by Gasteiger charge is -2.07. The van der Waals surface area contributed by atoms with E-state index in [-0.39, 0.29) is 5.91 Å². The third-order valence-corrected chi connectivity index (χ3v) is 6.24. The summed E-state index contributed by atoms with van der Waals surface area (Å²) in [6.45, 7) is 1.42. The van der Waals surface area contributed by atoms with Gasteiger partial charge >= 0.3 is 0 Å². The van der Waals surface area contributed by atoms with Crippen LogP contribution < -0.4 is 5.32 Å². The van der Waals surface area contributed by atoms with Crippen LogP contribution >= 0.6 is 22.7 Å². The molecule has 5 rings (SSSR count). The van der Waals surface area contributed by atoms with E-state index in [0.717, 1.165) is 39.1 Å². The first kappa shape index (κ1) is 16.0. The lowest BCUT2D eigenvalue weighted by atomic mass is 10.2. The van der Waals surface area contributed by atoms with Crippen LogP contribution in [0.2, 0.25) is 0 Å². The normalized spacial score (nSPS) is 14.3. The van der Waals surface area contributed by atoms with E-state index < -0.39 is 0 Å². The molecule has 0 saturated heterocycles. The minimum Gasteiger partial charge on any atom is -0.376 e. The van der Waals surface area contributed by atoms with Gasteiger partial charge in [0.1, 0.15) is 4.83 Å². The third-order valence-electron chi connectivity index (χ3n) is 4.47. The van der Waals surface area contributed by atoms with Crippen LogP contribution in [0.15, 0.2) is 41.9 Å². The Balaban J connectivity index is 1.30. The predicted octanol–water partition coefficient (Wildman–Crippen LogP) is 4.79. The minimum atomic E-state index is -0.104. The van der Waals surface area contributed by atoms with Crippen LogP contribution in [0.5, 0.6) is 0 Å². The van der Waals surface area contributed by atoms with Crippen LogP contribution in [0.3, 0.4) is 0 Å². The highest BCUT2D eigenvalue weighted by Crippen LogP contribution is 2.30. The number of thiazole rings is 1. The number of fused-ring (bicyclic) bond motifs is 3. The first-order valence-electron chi connectivity index (χ1n) is 8.59. The van der Waals surface area contributed by atoms with E-state index in [1.54, 1.807) is 11.3 Å². The van der Waals surface area contributed by atoms with Crippen molar-refractivity contribution >= 4 is 49.6 Å². The summed E-state index contributed by atoms with van der Waals surface area (Å²) < 4.78 is 7.75. The summed E-state index contributed by atoms with van der Waals surface area (Å²) in [6, 6.07) is 9.76. The molecule has 1 aliphatic carbocycles. The molecule has 0 spiro atoms. The third kappa shape index (κ3) is 3.13. The molecule has 0 atom stereocenters. The monoisotopic (exact) mass is 383 g/mol. The van der Waals surface area contributed by atoms with Gasteiger partial charge in [-0.25, -0.2) is 4.98 Å². The number of ether oxygens (including phenoxy) is 1. The van der Waals surface area contributed by atoms with Gasteiger partial charge in [-0.3, -0.25) is 9.20 Å². The summed E-state index contributed by atoms with van der Waals surface area (Å²) in [5.74, 6) is 0.652. The number of imidazole rings is 1. The van der Waals surface area contributed by atoms with Crippen molar-refractivity contribution in [3.05, 3.63) is 52.3 Å². The molecule has 0 unspecified atom stereocenters. The fourth-order valence-corrected chi connectivity index (χ4v) is 4.61.